The maximum absolute atomic E-state index is 12.3. The van der Waals surface area contributed by atoms with Gasteiger partial charge in [-0.2, -0.15) is 0 Å². The van der Waals surface area contributed by atoms with Gasteiger partial charge in [-0.3, -0.25) is 4.79 Å². The van der Waals surface area contributed by atoms with Gasteiger partial charge in [-0.1, -0.05) is 13.3 Å². The van der Waals surface area contributed by atoms with E-state index in [0.29, 0.717) is 36.1 Å². The van der Waals surface area contributed by atoms with Crippen molar-refractivity contribution in [2.24, 2.45) is 0 Å². The first-order valence-electron chi connectivity index (χ1n) is 10.3. The highest BCUT2D eigenvalue weighted by atomic mass is 16.6. The fourth-order valence-corrected chi connectivity index (χ4v) is 3.08. The Kier molecular flexibility index (Phi) is 8.03. The van der Waals surface area contributed by atoms with Crippen molar-refractivity contribution in [2.75, 3.05) is 6.54 Å². The minimum atomic E-state index is -0.520. The van der Waals surface area contributed by atoms with Crippen LogP contribution in [-0.4, -0.2) is 24.2 Å². The predicted octanol–water partition coefficient (Wildman–Crippen LogP) is 4.65. The summed E-state index contributed by atoms with van der Waals surface area (Å²) in [6.07, 6.45) is 2.61. The van der Waals surface area contributed by atoms with Gasteiger partial charge in [0.15, 0.2) is 0 Å². The molecular formula is C23H31NO6. The average molecular weight is 418 g/mol. The number of alkyl carbamates (subject to hydrolysis) is 1. The quantitative estimate of drug-likeness (QED) is 0.291. The van der Waals surface area contributed by atoms with Crippen molar-refractivity contribution in [3.8, 4) is 5.75 Å². The number of ether oxygens (including phenoxy) is 2. The van der Waals surface area contributed by atoms with E-state index in [1.807, 2.05) is 34.6 Å². The van der Waals surface area contributed by atoms with Gasteiger partial charge >= 0.3 is 17.7 Å². The molecule has 0 bridgehead atoms. The molecule has 30 heavy (non-hydrogen) atoms. The van der Waals surface area contributed by atoms with Crippen molar-refractivity contribution in [2.45, 2.75) is 72.3 Å². The minimum Gasteiger partial charge on any atom is -0.444 e. The number of benzene rings is 1. The number of hydrogen-bond donors (Lipinski definition) is 1. The molecule has 0 aliphatic heterocycles. The molecule has 0 aliphatic rings. The molecule has 0 aliphatic carbocycles. The summed E-state index contributed by atoms with van der Waals surface area (Å²) in [5, 5.41) is 3.36. The van der Waals surface area contributed by atoms with E-state index in [1.165, 1.54) is 6.07 Å². The molecule has 0 spiro atoms. The van der Waals surface area contributed by atoms with Gasteiger partial charge in [-0.05, 0) is 70.2 Å². The number of unbranched alkanes of at least 4 members (excludes halogenated alkanes) is 2. The van der Waals surface area contributed by atoms with E-state index in [0.717, 1.165) is 24.0 Å². The van der Waals surface area contributed by atoms with Crippen LogP contribution < -0.4 is 15.7 Å². The van der Waals surface area contributed by atoms with Crippen LogP contribution in [0.3, 0.4) is 0 Å². The largest absolute Gasteiger partial charge is 0.444 e. The van der Waals surface area contributed by atoms with E-state index in [-0.39, 0.29) is 12.4 Å². The molecule has 0 saturated carbocycles. The lowest BCUT2D eigenvalue weighted by Gasteiger charge is -2.19. The summed E-state index contributed by atoms with van der Waals surface area (Å²) < 4.78 is 16.1. The van der Waals surface area contributed by atoms with Crippen molar-refractivity contribution in [3.05, 3.63) is 39.7 Å². The maximum Gasteiger partial charge on any atom is 0.407 e. The first-order chi connectivity index (χ1) is 14.1. The average Bonchev–Trinajstić information content (AvgIpc) is 2.61. The van der Waals surface area contributed by atoms with Crippen LogP contribution in [-0.2, 0) is 16.0 Å². The SMILES string of the molecule is CCc1cc(=O)oc2cc(C)cc(OC(=O)CCCCCNC(=O)OC(C)(C)C)c12. The van der Waals surface area contributed by atoms with Crippen molar-refractivity contribution in [1.82, 2.24) is 5.32 Å². The molecule has 0 fully saturated rings. The number of fused-ring (bicyclic) bond motifs is 1. The molecule has 2 rings (SSSR count). The molecule has 0 saturated heterocycles. The smallest absolute Gasteiger partial charge is 0.407 e. The molecule has 1 heterocycles. The van der Waals surface area contributed by atoms with E-state index in [9.17, 15) is 14.4 Å². The highest BCUT2D eigenvalue weighted by Crippen LogP contribution is 2.30. The zero-order chi connectivity index (χ0) is 22.3. The van der Waals surface area contributed by atoms with E-state index in [4.69, 9.17) is 13.9 Å². The molecule has 2 aromatic rings. The Morgan fingerprint density at radius 2 is 1.83 bits per heavy atom. The Labute approximate surface area is 176 Å². The minimum absolute atomic E-state index is 0.264. The summed E-state index contributed by atoms with van der Waals surface area (Å²) >= 11 is 0. The van der Waals surface area contributed by atoms with Crippen LogP contribution in [0, 0.1) is 6.92 Å². The molecule has 164 valence electrons. The number of carbonyl (C=O) groups is 2. The van der Waals surface area contributed by atoms with Crippen LogP contribution in [0.5, 0.6) is 5.75 Å². The number of hydrogen-bond acceptors (Lipinski definition) is 6. The summed E-state index contributed by atoms with van der Waals surface area (Å²) in [5.74, 6) is 0.0810. The number of nitrogens with one attached hydrogen (secondary N) is 1. The Bertz CT molecular complexity index is 955. The molecule has 1 aromatic carbocycles. The summed E-state index contributed by atoms with van der Waals surface area (Å²) in [7, 11) is 0. The molecule has 1 N–H and O–H groups in total. The number of amides is 1. The van der Waals surface area contributed by atoms with Gasteiger partial charge in [0.05, 0.1) is 5.39 Å². The molecular weight excluding hydrogens is 386 g/mol. The second-order valence-electron chi connectivity index (χ2n) is 8.29. The van der Waals surface area contributed by atoms with E-state index < -0.39 is 17.3 Å². The highest BCUT2D eigenvalue weighted by molar-refractivity contribution is 5.90. The van der Waals surface area contributed by atoms with Crippen molar-refractivity contribution in [3.63, 3.8) is 0 Å². The molecule has 0 radical (unpaired) electrons. The fourth-order valence-electron chi connectivity index (χ4n) is 3.08. The Balaban J connectivity index is 1.86. The monoisotopic (exact) mass is 417 g/mol. The van der Waals surface area contributed by atoms with Crippen LogP contribution in [0.4, 0.5) is 4.79 Å². The second kappa shape index (κ2) is 10.3. The number of aryl methyl sites for hydroxylation is 2. The van der Waals surface area contributed by atoms with Gasteiger partial charge < -0.3 is 19.2 Å². The van der Waals surface area contributed by atoms with Crippen LogP contribution in [0.1, 0.15) is 64.5 Å². The van der Waals surface area contributed by atoms with Crippen molar-refractivity contribution < 1.29 is 23.5 Å². The fraction of sp³-hybridized carbons (Fsp3) is 0.522. The van der Waals surface area contributed by atoms with E-state index >= 15 is 0 Å². The topological polar surface area (TPSA) is 94.8 Å². The molecule has 0 unspecified atom stereocenters. The first-order valence-corrected chi connectivity index (χ1v) is 10.3. The van der Waals surface area contributed by atoms with E-state index in [2.05, 4.69) is 5.32 Å². The Morgan fingerprint density at radius 1 is 1.10 bits per heavy atom. The standard InChI is InChI=1S/C23H31NO6/c1-6-16-14-20(26)29-18-13-15(2)12-17(21(16)18)28-19(25)10-8-7-9-11-24-22(27)30-23(3,4)5/h12-14H,6-11H2,1-5H3,(H,24,27). The van der Waals surface area contributed by atoms with Crippen LogP contribution >= 0.6 is 0 Å². The zero-order valence-electron chi connectivity index (χ0n) is 18.4. The second-order valence-corrected chi connectivity index (χ2v) is 8.29. The lowest BCUT2D eigenvalue weighted by atomic mass is 10.0. The first kappa shape index (κ1) is 23.4. The van der Waals surface area contributed by atoms with Gasteiger partial charge in [0.25, 0.3) is 0 Å². The molecule has 1 aromatic heterocycles. The van der Waals surface area contributed by atoms with Gasteiger partial charge in [0.1, 0.15) is 16.9 Å². The summed E-state index contributed by atoms with van der Waals surface area (Å²) in [4.78, 5) is 35.6. The van der Waals surface area contributed by atoms with Crippen molar-refractivity contribution >= 4 is 23.0 Å². The van der Waals surface area contributed by atoms with Gasteiger partial charge in [-0.25, -0.2) is 9.59 Å². The van der Waals surface area contributed by atoms with Crippen molar-refractivity contribution in [1.29, 1.82) is 0 Å². The summed E-state index contributed by atoms with van der Waals surface area (Å²) in [6, 6.07) is 4.99. The predicted molar refractivity (Wildman–Crippen MR) is 115 cm³/mol. The van der Waals surface area contributed by atoms with Crippen LogP contribution in [0.25, 0.3) is 11.0 Å². The lowest BCUT2D eigenvalue weighted by Crippen LogP contribution is -2.33. The van der Waals surface area contributed by atoms with Crippen LogP contribution in [0.15, 0.2) is 27.4 Å². The number of carbonyl (C=O) groups excluding carboxylic acids is 2. The number of esters is 1. The van der Waals surface area contributed by atoms with Gasteiger partial charge in [-0.15, -0.1) is 0 Å². The third-order valence-electron chi connectivity index (χ3n) is 4.36. The maximum atomic E-state index is 12.3. The third-order valence-corrected chi connectivity index (χ3v) is 4.36. The molecule has 1 amide bonds. The summed E-state index contributed by atoms with van der Waals surface area (Å²) in [5.41, 5.74) is 1.12. The van der Waals surface area contributed by atoms with Gasteiger partial charge in [0, 0.05) is 19.0 Å². The third kappa shape index (κ3) is 7.21. The molecule has 7 heteroatoms. The Hall–Kier alpha value is -2.83. The number of rotatable bonds is 8. The molecule has 0 atom stereocenters. The molecule has 7 nitrogen and oxygen atoms in total. The zero-order valence-corrected chi connectivity index (χ0v) is 18.4. The van der Waals surface area contributed by atoms with Crippen LogP contribution in [0.2, 0.25) is 0 Å². The van der Waals surface area contributed by atoms with Gasteiger partial charge in [0.2, 0.25) is 0 Å². The lowest BCUT2D eigenvalue weighted by molar-refractivity contribution is -0.134. The summed E-state index contributed by atoms with van der Waals surface area (Å²) in [6.45, 7) is 9.72. The Morgan fingerprint density at radius 3 is 2.50 bits per heavy atom. The highest BCUT2D eigenvalue weighted by Gasteiger charge is 2.16. The normalized spacial score (nSPS) is 11.4. The van der Waals surface area contributed by atoms with E-state index in [1.54, 1.807) is 12.1 Å².